The Balaban J connectivity index is 1.63. The molecule has 5 rings (SSSR count). The van der Waals surface area contributed by atoms with E-state index in [1.807, 2.05) is 0 Å². The molecule has 0 radical (unpaired) electrons. The van der Waals surface area contributed by atoms with Crippen LogP contribution in [-0.4, -0.2) is 51.3 Å². The van der Waals surface area contributed by atoms with Crippen molar-refractivity contribution in [1.29, 1.82) is 0 Å². The largest absolute Gasteiger partial charge is 0.441 e. The first kappa shape index (κ1) is 9.66. The summed E-state index contributed by atoms with van der Waals surface area (Å²) in [5.41, 5.74) is 2.58. The average molecular weight is 370 g/mol. The van der Waals surface area contributed by atoms with Gasteiger partial charge in [0.2, 0.25) is 0 Å². The van der Waals surface area contributed by atoms with Crippen LogP contribution in [0.5, 0.6) is 0 Å². The second-order valence-corrected chi connectivity index (χ2v) is 5.88. The number of hydrogen-bond donors (Lipinski definition) is 0. The van der Waals surface area contributed by atoms with Gasteiger partial charge in [-0.3, -0.25) is 9.20 Å². The highest BCUT2D eigenvalue weighted by Gasteiger charge is 2.21. The molecule has 136 valence electrons. The first-order chi connectivity index (χ1) is 16.2. The Morgan fingerprint density at radius 3 is 2.85 bits per heavy atom. The first-order valence-corrected chi connectivity index (χ1v) is 8.05. The van der Waals surface area contributed by atoms with Crippen LogP contribution in [0.2, 0.25) is 0 Å². The number of ether oxygens (including phenoxy) is 1. The molecule has 0 atom stereocenters. The number of rotatable bonds is 2. The topological polar surface area (TPSA) is 72.9 Å². The molecule has 1 aliphatic rings. The fourth-order valence-corrected chi connectivity index (χ4v) is 2.94. The van der Waals surface area contributed by atoms with E-state index in [0.29, 0.717) is 22.6 Å². The van der Waals surface area contributed by atoms with Crippen LogP contribution in [0.25, 0.3) is 27.9 Å². The summed E-state index contributed by atoms with van der Waals surface area (Å²) in [7, 11) is 0. The van der Waals surface area contributed by atoms with E-state index in [9.17, 15) is 4.79 Å². The highest BCUT2D eigenvalue weighted by atomic mass is 16.5. The molecule has 0 N–H and O–H groups in total. The molecule has 1 amide bonds. The lowest BCUT2D eigenvalue weighted by molar-refractivity contribution is 0.0298. The zero-order valence-electron chi connectivity index (χ0n) is 22.1. The second kappa shape index (κ2) is 6.21. The Kier molecular flexibility index (Phi) is 2.22. The molecule has 0 bridgehead atoms. The maximum atomic E-state index is 13.5. The quantitative estimate of drug-likeness (QED) is 0.542. The van der Waals surface area contributed by atoms with Gasteiger partial charge >= 0.3 is 0 Å². The number of aromatic nitrogens is 3. The molecule has 0 aliphatic carbocycles. The molecule has 4 aromatic rings. The standard InChI is InChI=1S/C20H18N4O3/c1-13-22-16-10-14(2-4-18(16)27-13)15-3-5-19-21-11-17(24(19)12-15)20(25)23-6-8-26-9-7-23/h2-5,10-12H,6-9H2,1H3/i6D2,7D2,8D2,9D2. The predicted octanol–water partition coefficient (Wildman–Crippen LogP) is 2.92. The van der Waals surface area contributed by atoms with E-state index in [1.165, 1.54) is 4.40 Å². The van der Waals surface area contributed by atoms with Crippen molar-refractivity contribution >= 4 is 22.7 Å². The highest BCUT2D eigenvalue weighted by molar-refractivity contribution is 5.93. The van der Waals surface area contributed by atoms with Crippen molar-refractivity contribution in [3.63, 3.8) is 0 Å². The zero-order chi connectivity index (χ0) is 25.6. The number of oxazole rings is 1. The summed E-state index contributed by atoms with van der Waals surface area (Å²) in [5, 5.41) is 0. The molecule has 7 nitrogen and oxygen atoms in total. The van der Waals surface area contributed by atoms with Crippen molar-refractivity contribution in [2.75, 3.05) is 26.1 Å². The monoisotopic (exact) mass is 370 g/mol. The van der Waals surface area contributed by atoms with Gasteiger partial charge in [-0.1, -0.05) is 6.07 Å². The molecule has 4 heterocycles. The minimum atomic E-state index is -3.35. The van der Waals surface area contributed by atoms with Gasteiger partial charge in [-0.2, -0.15) is 0 Å². The number of benzene rings is 1. The molecule has 3 aromatic heterocycles. The molecular weight excluding hydrogens is 344 g/mol. The zero-order valence-corrected chi connectivity index (χ0v) is 14.1. The SMILES string of the molecule is [2H]C1([2H])OC([2H])([2H])C([2H])([2H])N(C(=O)c2cnc3ccc(-c4ccc5oc(C)nc5c4)cn23)C1([2H])[2H]. The first-order valence-electron chi connectivity index (χ1n) is 12.1. The van der Waals surface area contributed by atoms with Gasteiger partial charge in [0.15, 0.2) is 11.5 Å². The minimum Gasteiger partial charge on any atom is -0.441 e. The van der Waals surface area contributed by atoms with Crippen molar-refractivity contribution < 1.29 is 24.9 Å². The molecule has 0 spiro atoms. The van der Waals surface area contributed by atoms with Gasteiger partial charge in [0.1, 0.15) is 16.9 Å². The van der Waals surface area contributed by atoms with E-state index in [0.717, 1.165) is 11.8 Å². The van der Waals surface area contributed by atoms with Crippen LogP contribution in [0.4, 0.5) is 0 Å². The molecule has 0 unspecified atom stereocenters. The van der Waals surface area contributed by atoms with Gasteiger partial charge in [0, 0.05) is 26.1 Å². The molecule has 1 aromatic carbocycles. The summed E-state index contributed by atoms with van der Waals surface area (Å²) in [6.45, 7) is -11.7. The normalized spacial score (nSPS) is 26.8. The average Bonchev–Trinajstić information content (AvgIpc) is 3.32. The third kappa shape index (κ3) is 2.76. The Morgan fingerprint density at radius 2 is 2.00 bits per heavy atom. The van der Waals surface area contributed by atoms with Crippen molar-refractivity contribution in [3.8, 4) is 11.1 Å². The summed E-state index contributed by atoms with van der Waals surface area (Å²) in [5.74, 6) is -0.799. The maximum absolute atomic E-state index is 13.5. The number of amides is 1. The number of nitrogens with zero attached hydrogens (tertiary/aromatic N) is 4. The van der Waals surface area contributed by atoms with E-state index in [4.69, 9.17) is 15.4 Å². The van der Waals surface area contributed by atoms with E-state index in [-0.39, 0.29) is 16.2 Å². The van der Waals surface area contributed by atoms with E-state index < -0.39 is 32.0 Å². The number of fused-ring (bicyclic) bond motifs is 2. The van der Waals surface area contributed by atoms with Crippen molar-refractivity contribution in [2.45, 2.75) is 6.92 Å². The third-order valence-electron chi connectivity index (χ3n) is 4.17. The fourth-order valence-electron chi connectivity index (χ4n) is 2.94. The van der Waals surface area contributed by atoms with E-state index in [1.54, 1.807) is 43.5 Å². The lowest BCUT2D eigenvalue weighted by Crippen LogP contribution is -2.41. The molecule has 7 heteroatoms. The van der Waals surface area contributed by atoms with Crippen LogP contribution < -0.4 is 0 Å². The Hall–Kier alpha value is -3.19. The maximum Gasteiger partial charge on any atom is 0.272 e. The lowest BCUT2D eigenvalue weighted by Gasteiger charge is -2.26. The number of hydrogen-bond acceptors (Lipinski definition) is 5. The lowest BCUT2D eigenvalue weighted by atomic mass is 10.1. The van der Waals surface area contributed by atoms with Gasteiger partial charge in [-0.25, -0.2) is 9.97 Å². The van der Waals surface area contributed by atoms with Crippen LogP contribution in [0.1, 0.15) is 27.3 Å². The summed E-state index contributed by atoms with van der Waals surface area (Å²) < 4.78 is 75.1. The minimum absolute atomic E-state index is 0.0934. The van der Waals surface area contributed by atoms with Gasteiger partial charge < -0.3 is 14.1 Å². The Bertz CT molecular complexity index is 1470. The van der Waals surface area contributed by atoms with E-state index in [2.05, 4.69) is 14.7 Å². The molecular formula is C20H18N4O3. The smallest absolute Gasteiger partial charge is 0.272 e. The number of imidazole rings is 1. The number of carbonyl (C=O) groups excluding carboxylic acids is 1. The van der Waals surface area contributed by atoms with Crippen LogP contribution in [-0.2, 0) is 4.74 Å². The number of pyridine rings is 1. The number of aryl methyl sites for hydroxylation is 1. The van der Waals surface area contributed by atoms with Crippen molar-refractivity contribution in [1.82, 2.24) is 19.3 Å². The Labute approximate surface area is 166 Å². The van der Waals surface area contributed by atoms with Crippen LogP contribution >= 0.6 is 0 Å². The van der Waals surface area contributed by atoms with Gasteiger partial charge in [-0.15, -0.1) is 0 Å². The molecule has 1 fully saturated rings. The Morgan fingerprint density at radius 1 is 1.19 bits per heavy atom. The summed E-state index contributed by atoms with van der Waals surface area (Å²) >= 11 is 0. The van der Waals surface area contributed by atoms with Crippen molar-refractivity contribution in [3.05, 3.63) is 54.3 Å². The second-order valence-electron chi connectivity index (χ2n) is 5.88. The molecule has 1 aliphatic heterocycles. The number of carbonyl (C=O) groups is 1. The summed E-state index contributed by atoms with van der Waals surface area (Å²) in [4.78, 5) is 21.8. The van der Waals surface area contributed by atoms with Crippen molar-refractivity contribution in [2.24, 2.45) is 0 Å². The molecule has 27 heavy (non-hydrogen) atoms. The fraction of sp³-hybridized carbons (Fsp3) is 0.250. The van der Waals surface area contributed by atoms with Gasteiger partial charge in [0.25, 0.3) is 5.91 Å². The highest BCUT2D eigenvalue weighted by Crippen LogP contribution is 2.25. The van der Waals surface area contributed by atoms with Gasteiger partial charge in [0.05, 0.1) is 30.3 Å². The summed E-state index contributed by atoms with van der Waals surface area (Å²) in [6.07, 6.45) is 2.64. The van der Waals surface area contributed by atoms with Gasteiger partial charge in [-0.05, 0) is 35.4 Å². The predicted molar refractivity (Wildman–Crippen MR) is 99.7 cm³/mol. The molecule has 1 saturated heterocycles. The third-order valence-corrected chi connectivity index (χ3v) is 4.17. The number of morpholine rings is 1. The summed E-state index contributed by atoms with van der Waals surface area (Å²) in [6, 6.07) is 8.67. The van der Waals surface area contributed by atoms with Crippen LogP contribution in [0.15, 0.2) is 47.1 Å². The molecule has 0 saturated carbocycles. The van der Waals surface area contributed by atoms with Crippen LogP contribution in [0, 0.1) is 6.92 Å². The van der Waals surface area contributed by atoms with Crippen LogP contribution in [0.3, 0.4) is 0 Å². The van der Waals surface area contributed by atoms with E-state index >= 15 is 0 Å².